The third-order valence-corrected chi connectivity index (χ3v) is 2.65. The van der Waals surface area contributed by atoms with Gasteiger partial charge in [0, 0.05) is 5.69 Å². The molecule has 1 N–H and O–H groups in total. The summed E-state index contributed by atoms with van der Waals surface area (Å²) in [5.41, 5.74) is 0.329. The molecule has 0 saturated heterocycles. The monoisotopic (exact) mass is 287 g/mol. The lowest BCUT2D eigenvalue weighted by molar-refractivity contribution is 0.102. The average molecular weight is 287 g/mol. The number of anilines is 1. The van der Waals surface area contributed by atoms with E-state index in [1.54, 1.807) is 36.4 Å². The zero-order valence-corrected chi connectivity index (χ0v) is 12.3. The minimum atomic E-state index is -0.539. The molecule has 2 aromatic carbocycles. The molecule has 2 rings (SSSR count). The van der Waals surface area contributed by atoms with E-state index in [0.29, 0.717) is 11.4 Å². The summed E-state index contributed by atoms with van der Waals surface area (Å²) >= 11 is 0. The number of rotatable bonds is 3. The quantitative estimate of drug-likeness (QED) is 0.916. The Labute approximate surface area is 123 Å². The third kappa shape index (κ3) is 4.31. The zero-order valence-electron chi connectivity index (χ0n) is 12.3. The number of hydrogen-bond donors (Lipinski definition) is 1. The minimum Gasteiger partial charge on any atom is -0.488 e. The number of ether oxygens (including phenoxy) is 1. The number of nitrogens with one attached hydrogen (secondary N) is 1. The van der Waals surface area contributed by atoms with Crippen molar-refractivity contribution in [3.05, 3.63) is 59.9 Å². The fraction of sp³-hybridized carbons (Fsp3) is 0.235. The smallest absolute Gasteiger partial charge is 0.258 e. The van der Waals surface area contributed by atoms with E-state index in [1.807, 2.05) is 20.8 Å². The van der Waals surface area contributed by atoms with Crippen LogP contribution >= 0.6 is 0 Å². The van der Waals surface area contributed by atoms with Crippen LogP contribution in [0.25, 0.3) is 0 Å². The van der Waals surface area contributed by atoms with Gasteiger partial charge in [-0.2, -0.15) is 0 Å². The van der Waals surface area contributed by atoms with Crippen LogP contribution in [-0.2, 0) is 0 Å². The molecule has 0 atom stereocenters. The molecule has 0 saturated carbocycles. The van der Waals surface area contributed by atoms with Gasteiger partial charge in [-0.15, -0.1) is 0 Å². The third-order valence-electron chi connectivity index (χ3n) is 2.65. The number of amides is 1. The normalized spacial score (nSPS) is 11.0. The van der Waals surface area contributed by atoms with E-state index < -0.39 is 11.7 Å². The fourth-order valence-corrected chi connectivity index (χ4v) is 1.80. The predicted molar refractivity (Wildman–Crippen MR) is 81.2 cm³/mol. The molecule has 2 aromatic rings. The van der Waals surface area contributed by atoms with Gasteiger partial charge in [-0.05, 0) is 57.2 Å². The SMILES string of the molecule is CC(C)(C)Oc1ccc(NC(=O)c2ccccc2F)cc1. The van der Waals surface area contributed by atoms with Crippen LogP contribution in [0.1, 0.15) is 31.1 Å². The van der Waals surface area contributed by atoms with Crippen LogP contribution in [0, 0.1) is 5.82 Å². The van der Waals surface area contributed by atoms with Gasteiger partial charge in [-0.3, -0.25) is 4.79 Å². The van der Waals surface area contributed by atoms with Crippen LogP contribution in [-0.4, -0.2) is 11.5 Å². The molecule has 3 nitrogen and oxygen atoms in total. The standard InChI is InChI=1S/C17H18FNO2/c1-17(2,3)21-13-10-8-12(9-11-13)19-16(20)14-6-4-5-7-15(14)18/h4-11H,1-3H3,(H,19,20). The maximum absolute atomic E-state index is 13.5. The first kappa shape index (κ1) is 15.0. The molecule has 1 amide bonds. The van der Waals surface area contributed by atoms with E-state index in [1.165, 1.54) is 12.1 Å². The Morgan fingerprint density at radius 2 is 1.67 bits per heavy atom. The minimum absolute atomic E-state index is 0.0209. The van der Waals surface area contributed by atoms with Crippen molar-refractivity contribution in [1.29, 1.82) is 0 Å². The van der Waals surface area contributed by atoms with Gasteiger partial charge in [0.2, 0.25) is 0 Å². The molecule has 0 unspecified atom stereocenters. The number of hydrogen-bond acceptors (Lipinski definition) is 2. The maximum atomic E-state index is 13.5. The Hall–Kier alpha value is -2.36. The Morgan fingerprint density at radius 3 is 2.24 bits per heavy atom. The summed E-state index contributed by atoms with van der Waals surface area (Å²) in [6.45, 7) is 5.88. The lowest BCUT2D eigenvalue weighted by Gasteiger charge is -2.21. The molecule has 0 aliphatic carbocycles. The molecule has 21 heavy (non-hydrogen) atoms. The van der Waals surface area contributed by atoms with Crippen molar-refractivity contribution in [2.24, 2.45) is 0 Å². The zero-order chi connectivity index (χ0) is 15.5. The van der Waals surface area contributed by atoms with E-state index in [2.05, 4.69) is 5.32 Å². The highest BCUT2D eigenvalue weighted by Crippen LogP contribution is 2.21. The Bertz CT molecular complexity index is 630. The summed E-state index contributed by atoms with van der Waals surface area (Å²) in [6.07, 6.45) is 0. The number of carbonyl (C=O) groups excluding carboxylic acids is 1. The Kier molecular flexibility index (Phi) is 4.26. The molecule has 110 valence electrons. The van der Waals surface area contributed by atoms with Crippen LogP contribution in [0.15, 0.2) is 48.5 Å². The second-order valence-electron chi connectivity index (χ2n) is 5.67. The van der Waals surface area contributed by atoms with Crippen molar-refractivity contribution in [3.8, 4) is 5.75 Å². The van der Waals surface area contributed by atoms with Crippen molar-refractivity contribution in [1.82, 2.24) is 0 Å². The summed E-state index contributed by atoms with van der Waals surface area (Å²) in [5.74, 6) is -0.299. The van der Waals surface area contributed by atoms with Crippen molar-refractivity contribution in [3.63, 3.8) is 0 Å². The first-order chi connectivity index (χ1) is 9.85. The predicted octanol–water partition coefficient (Wildman–Crippen LogP) is 4.26. The van der Waals surface area contributed by atoms with Crippen LogP contribution in [0.2, 0.25) is 0 Å². The number of halogens is 1. The molecule has 0 spiro atoms. The van der Waals surface area contributed by atoms with E-state index in [-0.39, 0.29) is 11.2 Å². The van der Waals surface area contributed by atoms with Gasteiger partial charge in [-0.25, -0.2) is 4.39 Å². The van der Waals surface area contributed by atoms with Gasteiger partial charge in [0.1, 0.15) is 17.2 Å². The van der Waals surface area contributed by atoms with E-state index in [9.17, 15) is 9.18 Å². The van der Waals surface area contributed by atoms with Crippen molar-refractivity contribution in [2.75, 3.05) is 5.32 Å². The molecule has 0 heterocycles. The first-order valence-electron chi connectivity index (χ1n) is 6.70. The molecule has 0 fully saturated rings. The van der Waals surface area contributed by atoms with Crippen molar-refractivity contribution < 1.29 is 13.9 Å². The van der Waals surface area contributed by atoms with E-state index in [4.69, 9.17) is 4.74 Å². The largest absolute Gasteiger partial charge is 0.488 e. The highest BCUT2D eigenvalue weighted by Gasteiger charge is 2.13. The summed E-state index contributed by atoms with van der Waals surface area (Å²) in [5, 5.41) is 2.65. The lowest BCUT2D eigenvalue weighted by Crippen LogP contribution is -2.22. The second kappa shape index (κ2) is 5.95. The molecular weight excluding hydrogens is 269 g/mol. The van der Waals surface area contributed by atoms with Crippen molar-refractivity contribution >= 4 is 11.6 Å². The average Bonchev–Trinajstić information content (AvgIpc) is 2.40. The lowest BCUT2D eigenvalue weighted by atomic mass is 10.2. The van der Waals surface area contributed by atoms with Gasteiger partial charge in [0.15, 0.2) is 0 Å². The van der Waals surface area contributed by atoms with Gasteiger partial charge in [-0.1, -0.05) is 12.1 Å². The highest BCUT2D eigenvalue weighted by atomic mass is 19.1. The van der Waals surface area contributed by atoms with E-state index >= 15 is 0 Å². The molecule has 0 radical (unpaired) electrons. The van der Waals surface area contributed by atoms with Crippen LogP contribution in [0.3, 0.4) is 0 Å². The number of benzene rings is 2. The van der Waals surface area contributed by atoms with E-state index in [0.717, 1.165) is 0 Å². The van der Waals surface area contributed by atoms with Crippen LogP contribution in [0.4, 0.5) is 10.1 Å². The molecule has 0 aliphatic rings. The van der Waals surface area contributed by atoms with Crippen LogP contribution < -0.4 is 10.1 Å². The Morgan fingerprint density at radius 1 is 1.05 bits per heavy atom. The molecular formula is C17H18FNO2. The van der Waals surface area contributed by atoms with Crippen molar-refractivity contribution in [2.45, 2.75) is 26.4 Å². The van der Waals surface area contributed by atoms with Crippen LogP contribution in [0.5, 0.6) is 5.75 Å². The van der Waals surface area contributed by atoms with Gasteiger partial charge < -0.3 is 10.1 Å². The van der Waals surface area contributed by atoms with Gasteiger partial charge in [0.05, 0.1) is 5.56 Å². The highest BCUT2D eigenvalue weighted by molar-refractivity contribution is 6.04. The summed E-state index contributed by atoms with van der Waals surface area (Å²) < 4.78 is 19.2. The topological polar surface area (TPSA) is 38.3 Å². The van der Waals surface area contributed by atoms with Gasteiger partial charge >= 0.3 is 0 Å². The maximum Gasteiger partial charge on any atom is 0.258 e. The summed E-state index contributed by atoms with van der Waals surface area (Å²) in [7, 11) is 0. The molecule has 0 aliphatic heterocycles. The second-order valence-corrected chi connectivity index (χ2v) is 5.67. The number of carbonyl (C=O) groups is 1. The molecule has 0 bridgehead atoms. The Balaban J connectivity index is 2.07. The van der Waals surface area contributed by atoms with Gasteiger partial charge in [0.25, 0.3) is 5.91 Å². The first-order valence-corrected chi connectivity index (χ1v) is 6.70. The summed E-state index contributed by atoms with van der Waals surface area (Å²) in [6, 6.07) is 12.9. The molecule has 0 aromatic heterocycles. The summed E-state index contributed by atoms with van der Waals surface area (Å²) in [4.78, 5) is 12.0. The fourth-order valence-electron chi connectivity index (χ4n) is 1.80. The molecule has 4 heteroatoms.